The molecule has 6 rings (SSSR count). The molecule has 0 saturated heterocycles. The van der Waals surface area contributed by atoms with Gasteiger partial charge in [0.15, 0.2) is 17.6 Å². The van der Waals surface area contributed by atoms with Crippen LogP contribution >= 0.6 is 23.2 Å². The van der Waals surface area contributed by atoms with Crippen molar-refractivity contribution in [2.75, 3.05) is 6.61 Å². The van der Waals surface area contributed by atoms with Gasteiger partial charge in [-0.2, -0.15) is 0 Å². The van der Waals surface area contributed by atoms with Crippen LogP contribution in [0.4, 0.5) is 0 Å². The zero-order valence-corrected chi connectivity index (χ0v) is 23.4. The number of amides is 2. The Balaban J connectivity index is 1.16. The van der Waals surface area contributed by atoms with Crippen molar-refractivity contribution in [1.29, 1.82) is 0 Å². The Morgan fingerprint density at radius 3 is 2.39 bits per heavy atom. The molecule has 2 atom stereocenters. The fourth-order valence-electron chi connectivity index (χ4n) is 5.10. The van der Waals surface area contributed by atoms with Crippen molar-refractivity contribution in [3.63, 3.8) is 0 Å². The second-order valence-corrected chi connectivity index (χ2v) is 10.8. The average molecular weight is 589 g/mol. The van der Waals surface area contributed by atoms with Crippen molar-refractivity contribution < 1.29 is 23.8 Å². The van der Waals surface area contributed by atoms with Crippen LogP contribution < -0.4 is 19.9 Å². The number of benzene rings is 4. The molecule has 4 aromatic carbocycles. The number of rotatable bonds is 6. The van der Waals surface area contributed by atoms with Gasteiger partial charge in [0.25, 0.3) is 5.91 Å². The van der Waals surface area contributed by atoms with Crippen molar-refractivity contribution >= 4 is 35.0 Å². The predicted octanol–water partition coefficient (Wildman–Crippen LogP) is 6.14. The molecule has 0 saturated carbocycles. The number of carbonyl (C=O) groups excluding carboxylic acids is 2. The van der Waals surface area contributed by atoms with E-state index in [0.29, 0.717) is 52.5 Å². The Labute approximate surface area is 247 Å². The van der Waals surface area contributed by atoms with E-state index in [1.54, 1.807) is 36.4 Å². The molecule has 2 amide bonds. The van der Waals surface area contributed by atoms with Gasteiger partial charge in [-0.25, -0.2) is 0 Å². The fraction of sp³-hybridized carbons (Fsp3) is 0.188. The number of hydrogen-bond acceptors (Lipinski definition) is 5. The van der Waals surface area contributed by atoms with Crippen LogP contribution in [0.5, 0.6) is 17.2 Å². The summed E-state index contributed by atoms with van der Waals surface area (Å²) in [6, 6.07) is 25.0. The maximum atomic E-state index is 13.3. The lowest BCUT2D eigenvalue weighted by atomic mass is 9.92. The molecule has 4 aromatic rings. The number of primary amides is 1. The molecule has 2 aliphatic heterocycles. The molecule has 0 radical (unpaired) electrons. The number of nitrogens with zero attached hydrogens (tertiary/aromatic N) is 1. The monoisotopic (exact) mass is 588 g/mol. The molecule has 2 heterocycles. The van der Waals surface area contributed by atoms with Crippen LogP contribution in [0.25, 0.3) is 0 Å². The first-order chi connectivity index (χ1) is 19.9. The van der Waals surface area contributed by atoms with Crippen LogP contribution in [0.15, 0.2) is 84.9 Å². The van der Waals surface area contributed by atoms with Gasteiger partial charge < -0.3 is 24.8 Å². The summed E-state index contributed by atoms with van der Waals surface area (Å²) in [4.78, 5) is 27.1. The molecule has 0 spiro atoms. The van der Waals surface area contributed by atoms with Gasteiger partial charge in [0.1, 0.15) is 25.0 Å². The Morgan fingerprint density at radius 1 is 0.902 bits per heavy atom. The van der Waals surface area contributed by atoms with E-state index in [0.717, 1.165) is 22.3 Å². The summed E-state index contributed by atoms with van der Waals surface area (Å²) in [6.07, 6.45) is -0.0128. The van der Waals surface area contributed by atoms with Crippen LogP contribution in [-0.2, 0) is 24.4 Å². The molecule has 9 heteroatoms. The second-order valence-electron chi connectivity index (χ2n) is 10.0. The largest absolute Gasteiger partial charge is 0.489 e. The van der Waals surface area contributed by atoms with E-state index in [1.165, 1.54) is 4.90 Å². The fourth-order valence-corrected chi connectivity index (χ4v) is 5.43. The quantitative estimate of drug-likeness (QED) is 0.292. The zero-order chi connectivity index (χ0) is 28.5. The highest BCUT2D eigenvalue weighted by Crippen LogP contribution is 2.41. The summed E-state index contributed by atoms with van der Waals surface area (Å²) < 4.78 is 18.3. The molecular weight excluding hydrogens is 563 g/mol. The molecule has 41 heavy (non-hydrogen) atoms. The smallest absolute Gasteiger partial charge is 0.254 e. The normalized spacial score (nSPS) is 17.5. The Hall–Kier alpha value is -4.20. The maximum absolute atomic E-state index is 13.3. The standard InChI is InChI=1S/C32H26Cl2N2O5/c33-25-11-6-19(12-26(25)34)17-39-24-9-7-20(8-10-24)30-18-40-28-14-22-13-27(31(35)37)36(16-23(22)15-29(28)41-30)32(38)21-4-2-1-3-5-21/h1-12,14-15,27,30H,13,16-18H2,(H2,35,37)/t27-,30+/m0/s1. The van der Waals surface area contributed by atoms with Gasteiger partial charge in [0, 0.05) is 18.5 Å². The topological polar surface area (TPSA) is 91.1 Å². The minimum absolute atomic E-state index is 0.239. The summed E-state index contributed by atoms with van der Waals surface area (Å²) in [5.74, 6) is 1.11. The van der Waals surface area contributed by atoms with E-state index >= 15 is 0 Å². The van der Waals surface area contributed by atoms with Gasteiger partial charge in [0.05, 0.1) is 10.0 Å². The summed E-state index contributed by atoms with van der Waals surface area (Å²) in [7, 11) is 0. The van der Waals surface area contributed by atoms with Crippen LogP contribution in [-0.4, -0.2) is 29.4 Å². The highest BCUT2D eigenvalue weighted by atomic mass is 35.5. The highest BCUT2D eigenvalue weighted by Gasteiger charge is 2.35. The number of nitrogens with two attached hydrogens (primary N) is 1. The lowest BCUT2D eigenvalue weighted by molar-refractivity contribution is -0.122. The molecular formula is C32H26Cl2N2O5. The molecule has 2 N–H and O–H groups in total. The van der Waals surface area contributed by atoms with Gasteiger partial charge in [-0.1, -0.05) is 59.6 Å². The van der Waals surface area contributed by atoms with E-state index in [1.807, 2.05) is 48.5 Å². The van der Waals surface area contributed by atoms with Gasteiger partial charge in [-0.15, -0.1) is 0 Å². The van der Waals surface area contributed by atoms with Crippen molar-refractivity contribution in [3.8, 4) is 17.2 Å². The third-order valence-electron chi connectivity index (χ3n) is 7.31. The lowest BCUT2D eigenvalue weighted by Gasteiger charge is -2.36. The van der Waals surface area contributed by atoms with Gasteiger partial charge >= 0.3 is 0 Å². The SMILES string of the molecule is NC(=O)[C@@H]1Cc2cc3c(cc2CN1C(=O)c1ccccc1)O[C@@H](c1ccc(OCc2ccc(Cl)c(Cl)c2)cc1)CO3. The Kier molecular flexibility index (Phi) is 7.47. The summed E-state index contributed by atoms with van der Waals surface area (Å²) in [5.41, 5.74) is 9.87. The minimum atomic E-state index is -0.747. The number of hydrogen-bond donors (Lipinski definition) is 1. The number of fused-ring (bicyclic) bond motifs is 2. The predicted molar refractivity (Wildman–Crippen MR) is 156 cm³/mol. The Bertz CT molecular complexity index is 1610. The van der Waals surface area contributed by atoms with Gasteiger partial charge in [-0.05, 0) is 70.8 Å². The summed E-state index contributed by atoms with van der Waals surface area (Å²) >= 11 is 12.1. The van der Waals surface area contributed by atoms with Gasteiger partial charge in [0.2, 0.25) is 5.91 Å². The average Bonchev–Trinajstić information content (AvgIpc) is 3.00. The third-order valence-corrected chi connectivity index (χ3v) is 8.05. The molecule has 2 aliphatic rings. The second kappa shape index (κ2) is 11.4. The van der Waals surface area contributed by atoms with Crippen molar-refractivity contribution in [1.82, 2.24) is 4.90 Å². The van der Waals surface area contributed by atoms with E-state index < -0.39 is 11.9 Å². The van der Waals surface area contributed by atoms with E-state index in [4.69, 9.17) is 43.1 Å². The van der Waals surface area contributed by atoms with Crippen LogP contribution in [0, 0.1) is 0 Å². The Morgan fingerprint density at radius 2 is 1.66 bits per heavy atom. The third kappa shape index (κ3) is 5.69. The first-order valence-corrected chi connectivity index (χ1v) is 13.9. The van der Waals surface area contributed by atoms with E-state index in [-0.39, 0.29) is 18.6 Å². The van der Waals surface area contributed by atoms with Crippen LogP contribution in [0.3, 0.4) is 0 Å². The van der Waals surface area contributed by atoms with Crippen molar-refractivity contribution in [2.24, 2.45) is 5.73 Å². The first kappa shape index (κ1) is 27.0. The minimum Gasteiger partial charge on any atom is -0.489 e. The molecule has 208 valence electrons. The molecule has 7 nitrogen and oxygen atoms in total. The lowest BCUT2D eigenvalue weighted by Crippen LogP contribution is -2.51. The summed E-state index contributed by atoms with van der Waals surface area (Å²) in [6.45, 7) is 0.925. The van der Waals surface area contributed by atoms with Crippen LogP contribution in [0.1, 0.15) is 38.7 Å². The van der Waals surface area contributed by atoms with Crippen molar-refractivity contribution in [3.05, 3.63) is 123 Å². The van der Waals surface area contributed by atoms with E-state index in [2.05, 4.69) is 0 Å². The number of ether oxygens (including phenoxy) is 3. The molecule has 0 unspecified atom stereocenters. The van der Waals surface area contributed by atoms with Crippen molar-refractivity contribution in [2.45, 2.75) is 31.7 Å². The molecule has 0 aromatic heterocycles. The molecule has 0 fully saturated rings. The zero-order valence-electron chi connectivity index (χ0n) is 21.9. The molecule has 0 aliphatic carbocycles. The number of carbonyl (C=O) groups is 2. The van der Waals surface area contributed by atoms with Crippen LogP contribution in [0.2, 0.25) is 10.0 Å². The van der Waals surface area contributed by atoms with E-state index in [9.17, 15) is 9.59 Å². The maximum Gasteiger partial charge on any atom is 0.254 e. The molecule has 0 bridgehead atoms. The highest BCUT2D eigenvalue weighted by molar-refractivity contribution is 6.42. The summed E-state index contributed by atoms with van der Waals surface area (Å²) in [5, 5.41) is 0.992. The first-order valence-electron chi connectivity index (χ1n) is 13.1. The number of halogens is 2. The van der Waals surface area contributed by atoms with Gasteiger partial charge in [-0.3, -0.25) is 9.59 Å².